The SMILES string of the molecule is Cc1ccccc1-c1cc(-c2ccc(-c3ccc(-c4c(C)cc(-n5c6ccccc6c6cc(N(c7ccccc7)c7ccccc7)ccc65)cc4C)cc3)cc2)nc(-c2ccccc2C)n1. The maximum Gasteiger partial charge on any atom is 0.160 e. The summed E-state index contributed by atoms with van der Waals surface area (Å²) < 4.78 is 2.43. The molecule has 2 aromatic heterocycles. The molecule has 0 spiro atoms. The summed E-state index contributed by atoms with van der Waals surface area (Å²) >= 11 is 0. The van der Waals surface area contributed by atoms with Crippen LogP contribution >= 0.6 is 0 Å². The van der Waals surface area contributed by atoms with Crippen LogP contribution in [0.1, 0.15) is 22.3 Å². The van der Waals surface area contributed by atoms with Gasteiger partial charge in [-0.3, -0.25) is 0 Å². The number of rotatable bonds is 9. The Hall–Kier alpha value is -8.34. The molecule has 0 radical (unpaired) electrons. The Morgan fingerprint density at radius 2 is 0.848 bits per heavy atom. The van der Waals surface area contributed by atoms with E-state index in [9.17, 15) is 0 Å². The molecule has 11 aromatic rings. The maximum absolute atomic E-state index is 5.12. The van der Waals surface area contributed by atoms with Crippen molar-refractivity contribution in [3.8, 4) is 61.8 Å². The first kappa shape index (κ1) is 40.4. The van der Waals surface area contributed by atoms with Gasteiger partial charge in [-0.2, -0.15) is 0 Å². The van der Waals surface area contributed by atoms with Crippen molar-refractivity contribution in [2.45, 2.75) is 27.7 Å². The lowest BCUT2D eigenvalue weighted by atomic mass is 9.93. The van der Waals surface area contributed by atoms with Gasteiger partial charge in [0.1, 0.15) is 0 Å². The summed E-state index contributed by atoms with van der Waals surface area (Å²) in [4.78, 5) is 12.5. The molecule has 0 bridgehead atoms. The number of benzene rings is 9. The second kappa shape index (κ2) is 17.0. The van der Waals surface area contributed by atoms with E-state index in [2.05, 4.69) is 256 Å². The van der Waals surface area contributed by atoms with Crippen molar-refractivity contribution in [1.29, 1.82) is 0 Å². The number of aryl methyl sites for hydroxylation is 4. The minimum Gasteiger partial charge on any atom is -0.310 e. The topological polar surface area (TPSA) is 34.0 Å². The van der Waals surface area contributed by atoms with E-state index in [1.807, 2.05) is 0 Å². The summed E-state index contributed by atoms with van der Waals surface area (Å²) in [5.41, 5.74) is 21.6. The van der Waals surface area contributed by atoms with E-state index in [4.69, 9.17) is 9.97 Å². The Bertz CT molecular complexity index is 3430. The molecule has 0 fully saturated rings. The molecule has 0 aliphatic carbocycles. The fourth-order valence-electron chi connectivity index (χ4n) is 9.71. The molecule has 66 heavy (non-hydrogen) atoms. The van der Waals surface area contributed by atoms with Gasteiger partial charge in [0.2, 0.25) is 0 Å². The van der Waals surface area contributed by atoms with Crippen LogP contribution in [0.2, 0.25) is 0 Å². The minimum absolute atomic E-state index is 0.737. The summed E-state index contributed by atoms with van der Waals surface area (Å²) in [5.74, 6) is 0.737. The minimum atomic E-state index is 0.737. The fourth-order valence-corrected chi connectivity index (χ4v) is 9.71. The van der Waals surface area contributed by atoms with Gasteiger partial charge in [-0.05, 0) is 139 Å². The van der Waals surface area contributed by atoms with Crippen LogP contribution in [0.3, 0.4) is 0 Å². The van der Waals surface area contributed by atoms with E-state index in [0.29, 0.717) is 0 Å². The van der Waals surface area contributed by atoms with Crippen LogP contribution in [0, 0.1) is 27.7 Å². The zero-order valence-corrected chi connectivity index (χ0v) is 37.6. The third-order valence-corrected chi connectivity index (χ3v) is 12.9. The van der Waals surface area contributed by atoms with Crippen LogP contribution < -0.4 is 4.90 Å². The molecule has 0 amide bonds. The normalized spacial score (nSPS) is 11.3. The Balaban J connectivity index is 0.906. The Kier molecular flexibility index (Phi) is 10.4. The summed E-state index contributed by atoms with van der Waals surface area (Å²) in [6.07, 6.45) is 0. The van der Waals surface area contributed by atoms with Crippen molar-refractivity contribution in [3.05, 3.63) is 241 Å². The van der Waals surface area contributed by atoms with Crippen LogP contribution in [0.4, 0.5) is 17.1 Å². The van der Waals surface area contributed by atoms with E-state index in [-0.39, 0.29) is 0 Å². The van der Waals surface area contributed by atoms with Gasteiger partial charge in [0.15, 0.2) is 5.82 Å². The first-order valence-corrected chi connectivity index (χ1v) is 22.7. The summed E-state index contributed by atoms with van der Waals surface area (Å²) in [5, 5.41) is 2.45. The van der Waals surface area contributed by atoms with Gasteiger partial charge in [-0.15, -0.1) is 0 Å². The highest BCUT2D eigenvalue weighted by molar-refractivity contribution is 6.10. The van der Waals surface area contributed by atoms with Crippen LogP contribution in [0.5, 0.6) is 0 Å². The maximum atomic E-state index is 5.12. The second-order valence-electron chi connectivity index (χ2n) is 17.3. The number of hydrogen-bond donors (Lipinski definition) is 0. The number of hydrogen-bond acceptors (Lipinski definition) is 3. The summed E-state index contributed by atoms with van der Waals surface area (Å²) in [6.45, 7) is 8.73. The lowest BCUT2D eigenvalue weighted by Crippen LogP contribution is -2.09. The van der Waals surface area contributed by atoms with Gasteiger partial charge in [0, 0.05) is 50.2 Å². The standard InChI is InChI=1S/C62H48N4/c1-41-17-11-13-23-53(41)58-40-57(63-62(64-58)54-24-14-12-18-42(54)2)47-31-27-45(28-32-47)46-29-33-48(34-30-46)61-43(3)37-52(38-44(61)4)66-59-26-16-15-25-55(59)56-39-51(35-36-60(56)66)65(49-19-7-5-8-20-49)50-21-9-6-10-22-50/h5-40H,1-4H3. The number of fused-ring (bicyclic) bond motifs is 3. The number of anilines is 3. The van der Waals surface area contributed by atoms with Gasteiger partial charge in [0.25, 0.3) is 0 Å². The molecule has 316 valence electrons. The second-order valence-corrected chi connectivity index (χ2v) is 17.3. The molecule has 2 heterocycles. The quantitative estimate of drug-likeness (QED) is 0.145. The predicted molar refractivity (Wildman–Crippen MR) is 277 cm³/mol. The van der Waals surface area contributed by atoms with Crippen molar-refractivity contribution in [2.24, 2.45) is 0 Å². The van der Waals surface area contributed by atoms with E-state index >= 15 is 0 Å². The Morgan fingerprint density at radius 3 is 1.47 bits per heavy atom. The summed E-state index contributed by atoms with van der Waals surface area (Å²) in [6, 6.07) is 78.2. The Morgan fingerprint density at radius 1 is 0.348 bits per heavy atom. The van der Waals surface area contributed by atoms with Gasteiger partial charge < -0.3 is 9.47 Å². The summed E-state index contributed by atoms with van der Waals surface area (Å²) in [7, 11) is 0. The fraction of sp³-hybridized carbons (Fsp3) is 0.0645. The molecular formula is C62H48N4. The monoisotopic (exact) mass is 848 g/mol. The molecule has 0 unspecified atom stereocenters. The highest BCUT2D eigenvalue weighted by Gasteiger charge is 2.19. The largest absolute Gasteiger partial charge is 0.310 e. The average Bonchev–Trinajstić information content (AvgIpc) is 3.69. The van der Waals surface area contributed by atoms with Crippen molar-refractivity contribution in [3.63, 3.8) is 0 Å². The smallest absolute Gasteiger partial charge is 0.160 e. The van der Waals surface area contributed by atoms with Gasteiger partial charge in [0.05, 0.1) is 22.4 Å². The first-order chi connectivity index (χ1) is 32.4. The molecule has 0 aliphatic heterocycles. The molecule has 11 rings (SSSR count). The van der Waals surface area contributed by atoms with Crippen LogP contribution in [0.15, 0.2) is 218 Å². The third-order valence-electron chi connectivity index (χ3n) is 12.9. The zero-order chi connectivity index (χ0) is 44.7. The molecule has 0 atom stereocenters. The highest BCUT2D eigenvalue weighted by atomic mass is 15.1. The Labute approximate surface area is 386 Å². The van der Waals surface area contributed by atoms with Crippen molar-refractivity contribution in [2.75, 3.05) is 4.90 Å². The van der Waals surface area contributed by atoms with E-state index in [0.717, 1.165) is 67.8 Å². The molecule has 0 saturated carbocycles. The van der Waals surface area contributed by atoms with Crippen LogP contribution in [-0.4, -0.2) is 14.5 Å². The molecule has 0 aliphatic rings. The highest BCUT2D eigenvalue weighted by Crippen LogP contribution is 2.41. The van der Waals surface area contributed by atoms with Crippen molar-refractivity contribution >= 4 is 38.9 Å². The number of nitrogens with zero attached hydrogens (tertiary/aromatic N) is 4. The van der Waals surface area contributed by atoms with Crippen LogP contribution in [-0.2, 0) is 0 Å². The molecule has 4 nitrogen and oxygen atoms in total. The van der Waals surface area contributed by atoms with Gasteiger partial charge >= 0.3 is 0 Å². The van der Waals surface area contributed by atoms with E-state index < -0.39 is 0 Å². The van der Waals surface area contributed by atoms with Gasteiger partial charge in [-0.25, -0.2) is 9.97 Å². The third kappa shape index (κ3) is 7.42. The lowest BCUT2D eigenvalue weighted by molar-refractivity contribution is 1.16. The zero-order valence-electron chi connectivity index (χ0n) is 37.6. The molecule has 9 aromatic carbocycles. The van der Waals surface area contributed by atoms with E-state index in [1.54, 1.807) is 0 Å². The predicted octanol–water partition coefficient (Wildman–Crippen LogP) is 16.6. The number of para-hydroxylation sites is 3. The van der Waals surface area contributed by atoms with E-state index in [1.165, 1.54) is 55.2 Å². The molecule has 0 N–H and O–H groups in total. The lowest BCUT2D eigenvalue weighted by Gasteiger charge is -2.25. The van der Waals surface area contributed by atoms with Crippen molar-refractivity contribution in [1.82, 2.24) is 14.5 Å². The van der Waals surface area contributed by atoms with Crippen molar-refractivity contribution < 1.29 is 0 Å². The molecule has 4 heteroatoms. The van der Waals surface area contributed by atoms with Crippen LogP contribution in [0.25, 0.3) is 83.6 Å². The first-order valence-electron chi connectivity index (χ1n) is 22.7. The molecular weight excluding hydrogens is 801 g/mol. The number of aromatic nitrogens is 3. The van der Waals surface area contributed by atoms with Gasteiger partial charge in [-0.1, -0.05) is 152 Å². The molecule has 0 saturated heterocycles. The average molecular weight is 849 g/mol.